The summed E-state index contributed by atoms with van der Waals surface area (Å²) in [6.45, 7) is 0. The van der Waals surface area contributed by atoms with Gasteiger partial charge in [-0.15, -0.1) is 23.2 Å². The molecule has 1 saturated carbocycles. The summed E-state index contributed by atoms with van der Waals surface area (Å²) in [5.74, 6) is -22.2. The fraction of sp³-hybridized carbons (Fsp3) is 0.222. The lowest BCUT2D eigenvalue weighted by atomic mass is 9.56. The molecule has 7 nitrogen and oxygen atoms in total. The molecular formula is C36H20Cl3F5N2O5. The summed E-state index contributed by atoms with van der Waals surface area (Å²) in [4.78, 5) is 52.1. The van der Waals surface area contributed by atoms with Gasteiger partial charge in [-0.25, -0.2) is 26.9 Å². The van der Waals surface area contributed by atoms with Crippen LogP contribution >= 0.6 is 34.8 Å². The highest BCUT2D eigenvalue weighted by molar-refractivity contribution is 6.58. The Labute approximate surface area is 299 Å². The van der Waals surface area contributed by atoms with E-state index < -0.39 is 104 Å². The standard InChI is InChI=1S/C36H20Cl3F5N2O5/c37-15-6-8-16(9-7-15)45-31(48)19-12-11-18-21(22(19)32(45)49)13-35(38)33(50)46(29-27(43)25(41)24(40)26(42)28(29)44)34(51)36(35,39)23(18)20-10-5-14-3-1-2-4-17(14)30(20)47/h1-11,19,21-23,47H,12-13H2. The number of aromatic hydroxyl groups is 1. The topological polar surface area (TPSA) is 95.0 Å². The van der Waals surface area contributed by atoms with E-state index >= 15 is 8.78 Å². The van der Waals surface area contributed by atoms with Crippen LogP contribution < -0.4 is 9.80 Å². The summed E-state index contributed by atoms with van der Waals surface area (Å²) in [5, 5.41) is 12.9. The smallest absolute Gasteiger partial charge is 0.258 e. The molecule has 0 radical (unpaired) electrons. The van der Waals surface area contributed by atoms with E-state index in [0.29, 0.717) is 10.4 Å². The first-order valence-electron chi connectivity index (χ1n) is 15.5. The van der Waals surface area contributed by atoms with Gasteiger partial charge in [-0.1, -0.05) is 59.6 Å². The molecule has 4 amide bonds. The number of carbonyl (C=O) groups excluding carboxylic acids is 4. The number of carbonyl (C=O) groups is 4. The SMILES string of the molecule is O=C1C2CC=C3C(CC4(Cl)C(=O)N(c5c(F)c(F)c(F)c(F)c5F)C(=O)C4(Cl)C3c3ccc4ccccc4c3O)C2C(=O)N1c1ccc(Cl)cc1. The van der Waals surface area contributed by atoms with E-state index in [1.807, 2.05) is 0 Å². The van der Waals surface area contributed by atoms with Crippen molar-refractivity contribution < 1.29 is 46.2 Å². The molecule has 1 N–H and O–H groups in total. The van der Waals surface area contributed by atoms with Crippen LogP contribution in [0.25, 0.3) is 10.8 Å². The predicted molar refractivity (Wildman–Crippen MR) is 176 cm³/mol. The number of benzene rings is 4. The van der Waals surface area contributed by atoms with E-state index in [4.69, 9.17) is 34.8 Å². The van der Waals surface area contributed by atoms with E-state index in [2.05, 4.69) is 0 Å². The number of halogens is 8. The van der Waals surface area contributed by atoms with Crippen molar-refractivity contribution in [3.63, 3.8) is 0 Å². The van der Waals surface area contributed by atoms with Gasteiger partial charge in [0.25, 0.3) is 11.8 Å². The Hall–Kier alpha value is -4.52. The molecule has 2 aliphatic heterocycles. The molecule has 0 spiro atoms. The van der Waals surface area contributed by atoms with Crippen LogP contribution in [0.15, 0.2) is 72.3 Å². The third-order valence-electron chi connectivity index (χ3n) is 10.5. The third-order valence-corrected chi connectivity index (χ3v) is 12.2. The molecule has 0 aromatic heterocycles. The quantitative estimate of drug-likeness (QED) is 0.0578. The molecule has 2 heterocycles. The zero-order valence-electron chi connectivity index (χ0n) is 25.6. The van der Waals surface area contributed by atoms with Crippen molar-refractivity contribution in [1.82, 2.24) is 0 Å². The third kappa shape index (κ3) is 4.24. The lowest BCUT2D eigenvalue weighted by Crippen LogP contribution is -2.60. The first-order chi connectivity index (χ1) is 24.1. The van der Waals surface area contributed by atoms with Gasteiger partial charge < -0.3 is 5.11 Å². The summed E-state index contributed by atoms with van der Waals surface area (Å²) >= 11 is 20.4. The van der Waals surface area contributed by atoms with Crippen LogP contribution in [0, 0.1) is 46.8 Å². The van der Waals surface area contributed by atoms with Crippen molar-refractivity contribution >= 4 is 80.6 Å². The molecule has 4 aromatic carbocycles. The van der Waals surface area contributed by atoms with Gasteiger partial charge in [-0.3, -0.25) is 24.1 Å². The molecule has 3 fully saturated rings. The summed E-state index contributed by atoms with van der Waals surface area (Å²) in [6.07, 6.45) is 0.836. The van der Waals surface area contributed by atoms with Crippen molar-refractivity contribution in [2.45, 2.75) is 28.5 Å². The van der Waals surface area contributed by atoms with Crippen molar-refractivity contribution in [3.8, 4) is 5.75 Å². The number of phenolic OH excluding ortho intramolecular Hbond substituents is 1. The van der Waals surface area contributed by atoms with Crippen LogP contribution in [-0.4, -0.2) is 38.5 Å². The number of imide groups is 2. The highest BCUT2D eigenvalue weighted by Gasteiger charge is 2.77. The normalized spacial score (nSPS) is 28.7. The Balaban J connectivity index is 1.35. The lowest BCUT2D eigenvalue weighted by Gasteiger charge is -2.50. The second-order valence-corrected chi connectivity index (χ2v) is 14.6. The van der Waals surface area contributed by atoms with E-state index in [1.54, 1.807) is 36.4 Å². The second-order valence-electron chi connectivity index (χ2n) is 12.9. The maximum atomic E-state index is 15.3. The first-order valence-corrected chi connectivity index (χ1v) is 16.6. The molecule has 8 rings (SSSR count). The van der Waals surface area contributed by atoms with E-state index in [0.717, 1.165) is 4.90 Å². The highest BCUT2D eigenvalue weighted by atomic mass is 35.5. The van der Waals surface area contributed by atoms with E-state index in [9.17, 15) is 37.5 Å². The Morgan fingerprint density at radius 3 is 2.02 bits per heavy atom. The van der Waals surface area contributed by atoms with Crippen molar-refractivity contribution in [1.29, 1.82) is 0 Å². The fourth-order valence-corrected chi connectivity index (χ4v) is 9.31. The Kier molecular flexibility index (Phi) is 7.41. The number of rotatable bonds is 3. The number of phenols is 1. The first kappa shape index (κ1) is 33.6. The predicted octanol–water partition coefficient (Wildman–Crippen LogP) is 7.66. The molecule has 15 heteroatoms. The van der Waals surface area contributed by atoms with Gasteiger partial charge in [0, 0.05) is 21.9 Å². The molecule has 2 saturated heterocycles. The number of alkyl halides is 2. The average Bonchev–Trinajstić information content (AvgIpc) is 3.45. The van der Waals surface area contributed by atoms with Gasteiger partial charge in [-0.05, 0) is 48.4 Å². The Bertz CT molecular complexity index is 2290. The highest BCUT2D eigenvalue weighted by Crippen LogP contribution is 2.67. The molecule has 4 aliphatic rings. The van der Waals surface area contributed by atoms with Crippen LogP contribution in [0.3, 0.4) is 0 Å². The monoisotopic (exact) mass is 760 g/mol. The summed E-state index contributed by atoms with van der Waals surface area (Å²) in [5.41, 5.74) is -1.53. The maximum absolute atomic E-state index is 15.3. The molecule has 0 bridgehead atoms. The molecule has 6 atom stereocenters. The van der Waals surface area contributed by atoms with Gasteiger partial charge >= 0.3 is 0 Å². The van der Waals surface area contributed by atoms with Crippen LogP contribution in [-0.2, 0) is 19.2 Å². The molecule has 51 heavy (non-hydrogen) atoms. The number of nitrogens with zero attached hydrogens (tertiary/aromatic N) is 2. The minimum atomic E-state index is -2.76. The zero-order valence-corrected chi connectivity index (χ0v) is 27.8. The number of fused-ring (bicyclic) bond motifs is 5. The number of hydrogen-bond acceptors (Lipinski definition) is 5. The average molecular weight is 762 g/mol. The fourth-order valence-electron chi connectivity index (χ4n) is 8.26. The van der Waals surface area contributed by atoms with Gasteiger partial charge in [0.15, 0.2) is 33.0 Å². The molecular weight excluding hydrogens is 742 g/mol. The van der Waals surface area contributed by atoms with Crippen LogP contribution in [0.5, 0.6) is 5.75 Å². The van der Waals surface area contributed by atoms with Crippen molar-refractivity contribution in [2.75, 3.05) is 9.80 Å². The number of anilines is 2. The van der Waals surface area contributed by atoms with E-state index in [1.165, 1.54) is 30.3 Å². The number of hydrogen-bond donors (Lipinski definition) is 1. The lowest BCUT2D eigenvalue weighted by molar-refractivity contribution is -0.125. The van der Waals surface area contributed by atoms with Crippen LogP contribution in [0.2, 0.25) is 5.02 Å². The summed E-state index contributed by atoms with van der Waals surface area (Å²) < 4.78 is 73.6. The van der Waals surface area contributed by atoms with Crippen LogP contribution in [0.4, 0.5) is 33.3 Å². The number of amides is 4. The molecule has 2 aliphatic carbocycles. The molecule has 260 valence electrons. The minimum absolute atomic E-state index is 0.0538. The van der Waals surface area contributed by atoms with Gasteiger partial charge in [-0.2, -0.15) is 0 Å². The van der Waals surface area contributed by atoms with Crippen LogP contribution in [0.1, 0.15) is 24.3 Å². The minimum Gasteiger partial charge on any atom is -0.507 e. The summed E-state index contributed by atoms with van der Waals surface area (Å²) in [6, 6.07) is 15.4. The number of allylic oxidation sites excluding steroid dienone is 2. The van der Waals surface area contributed by atoms with Crippen molar-refractivity contribution in [2.24, 2.45) is 17.8 Å². The van der Waals surface area contributed by atoms with Gasteiger partial charge in [0.05, 0.1) is 17.5 Å². The van der Waals surface area contributed by atoms with E-state index in [-0.39, 0.29) is 33.5 Å². The Morgan fingerprint density at radius 2 is 1.35 bits per heavy atom. The second kappa shape index (κ2) is 11.2. The molecule has 4 aromatic rings. The van der Waals surface area contributed by atoms with Crippen molar-refractivity contribution in [3.05, 3.63) is 112 Å². The maximum Gasteiger partial charge on any atom is 0.258 e. The zero-order chi connectivity index (χ0) is 36.5. The van der Waals surface area contributed by atoms with Gasteiger partial charge in [0.2, 0.25) is 17.6 Å². The molecule has 6 unspecified atom stereocenters. The van der Waals surface area contributed by atoms with Gasteiger partial charge in [0.1, 0.15) is 11.4 Å². The largest absolute Gasteiger partial charge is 0.507 e. The summed E-state index contributed by atoms with van der Waals surface area (Å²) in [7, 11) is 0. The Morgan fingerprint density at radius 1 is 0.725 bits per heavy atom.